The SMILES string of the molecule is CCC(CNC)CN(C)CCc1ccc(C)cc1. The van der Waals surface area contributed by atoms with Gasteiger partial charge in [0.15, 0.2) is 0 Å². The highest BCUT2D eigenvalue weighted by Gasteiger charge is 2.08. The number of nitrogens with zero attached hydrogens (tertiary/aromatic N) is 1. The number of hydrogen-bond donors (Lipinski definition) is 1. The molecule has 1 unspecified atom stereocenters. The van der Waals surface area contributed by atoms with Gasteiger partial charge in [0, 0.05) is 13.1 Å². The van der Waals surface area contributed by atoms with Crippen molar-refractivity contribution in [2.24, 2.45) is 5.92 Å². The minimum absolute atomic E-state index is 0.762. The molecular formula is C16H28N2. The largest absolute Gasteiger partial charge is 0.319 e. The quantitative estimate of drug-likeness (QED) is 0.761. The summed E-state index contributed by atoms with van der Waals surface area (Å²) in [5.74, 6) is 0.762. The van der Waals surface area contributed by atoms with Crippen molar-refractivity contribution >= 4 is 0 Å². The second-order valence-electron chi connectivity index (χ2n) is 5.33. The Morgan fingerprint density at radius 2 is 1.89 bits per heavy atom. The summed E-state index contributed by atoms with van der Waals surface area (Å²) in [6.07, 6.45) is 2.39. The lowest BCUT2D eigenvalue weighted by molar-refractivity contribution is 0.271. The van der Waals surface area contributed by atoms with Crippen LogP contribution in [0.2, 0.25) is 0 Å². The van der Waals surface area contributed by atoms with Gasteiger partial charge in [0.2, 0.25) is 0 Å². The van der Waals surface area contributed by atoms with Crippen LogP contribution in [0.4, 0.5) is 0 Å². The molecule has 1 N–H and O–H groups in total. The maximum Gasteiger partial charge on any atom is 0.00189 e. The van der Waals surface area contributed by atoms with Crippen LogP contribution in [0.25, 0.3) is 0 Å². The second kappa shape index (κ2) is 8.28. The minimum atomic E-state index is 0.762. The van der Waals surface area contributed by atoms with Gasteiger partial charge in [-0.25, -0.2) is 0 Å². The monoisotopic (exact) mass is 248 g/mol. The molecule has 2 heteroatoms. The summed E-state index contributed by atoms with van der Waals surface area (Å²) in [6, 6.07) is 8.89. The van der Waals surface area contributed by atoms with Crippen molar-refractivity contribution in [2.45, 2.75) is 26.7 Å². The molecule has 0 bridgehead atoms. The minimum Gasteiger partial charge on any atom is -0.319 e. The van der Waals surface area contributed by atoms with Crippen LogP contribution in [0.1, 0.15) is 24.5 Å². The van der Waals surface area contributed by atoms with Crippen LogP contribution in [0, 0.1) is 12.8 Å². The van der Waals surface area contributed by atoms with Gasteiger partial charge in [0.05, 0.1) is 0 Å². The normalized spacial score (nSPS) is 12.9. The summed E-state index contributed by atoms with van der Waals surface area (Å²) < 4.78 is 0. The fourth-order valence-corrected chi connectivity index (χ4v) is 2.23. The number of nitrogens with one attached hydrogen (secondary N) is 1. The average Bonchev–Trinajstić information content (AvgIpc) is 2.37. The Morgan fingerprint density at radius 1 is 1.22 bits per heavy atom. The molecule has 18 heavy (non-hydrogen) atoms. The zero-order chi connectivity index (χ0) is 13.4. The second-order valence-corrected chi connectivity index (χ2v) is 5.33. The van der Waals surface area contributed by atoms with Crippen molar-refractivity contribution in [1.82, 2.24) is 10.2 Å². The third-order valence-electron chi connectivity index (χ3n) is 3.54. The molecule has 0 aromatic heterocycles. The molecule has 1 aromatic carbocycles. The molecule has 0 heterocycles. The highest BCUT2D eigenvalue weighted by molar-refractivity contribution is 5.21. The van der Waals surface area contributed by atoms with E-state index in [4.69, 9.17) is 0 Å². The van der Waals surface area contributed by atoms with Crippen molar-refractivity contribution in [3.63, 3.8) is 0 Å². The first-order chi connectivity index (χ1) is 8.65. The van der Waals surface area contributed by atoms with E-state index in [9.17, 15) is 0 Å². The van der Waals surface area contributed by atoms with E-state index in [-0.39, 0.29) is 0 Å². The van der Waals surface area contributed by atoms with Crippen molar-refractivity contribution in [1.29, 1.82) is 0 Å². The van der Waals surface area contributed by atoms with Crippen LogP contribution in [-0.4, -0.2) is 38.6 Å². The number of rotatable bonds is 8. The first-order valence-electron chi connectivity index (χ1n) is 7.04. The molecule has 0 radical (unpaired) electrons. The van der Waals surface area contributed by atoms with Crippen LogP contribution in [0.3, 0.4) is 0 Å². The zero-order valence-electron chi connectivity index (χ0n) is 12.4. The van der Waals surface area contributed by atoms with Crippen LogP contribution >= 0.6 is 0 Å². The van der Waals surface area contributed by atoms with Crippen molar-refractivity contribution in [3.05, 3.63) is 35.4 Å². The van der Waals surface area contributed by atoms with Crippen molar-refractivity contribution < 1.29 is 0 Å². The standard InChI is InChI=1S/C16H28N2/c1-5-15(12-17-3)13-18(4)11-10-16-8-6-14(2)7-9-16/h6-9,15,17H,5,10-13H2,1-4H3. The summed E-state index contributed by atoms with van der Waals surface area (Å²) in [6.45, 7) is 7.85. The molecule has 0 fully saturated rings. The maximum absolute atomic E-state index is 3.28. The third-order valence-corrected chi connectivity index (χ3v) is 3.54. The Labute approximate surface area is 112 Å². The lowest BCUT2D eigenvalue weighted by Crippen LogP contribution is -2.32. The van der Waals surface area contributed by atoms with E-state index in [0.717, 1.165) is 25.4 Å². The van der Waals surface area contributed by atoms with Gasteiger partial charge in [0.25, 0.3) is 0 Å². The molecule has 0 amide bonds. The van der Waals surface area contributed by atoms with E-state index in [2.05, 4.69) is 55.4 Å². The Kier molecular flexibility index (Phi) is 6.99. The molecule has 0 aliphatic rings. The molecule has 102 valence electrons. The molecule has 0 spiro atoms. The molecule has 1 aromatic rings. The van der Waals surface area contributed by atoms with Gasteiger partial charge in [-0.15, -0.1) is 0 Å². The smallest absolute Gasteiger partial charge is 0.00189 e. The van der Waals surface area contributed by atoms with Crippen LogP contribution in [0.5, 0.6) is 0 Å². The molecule has 0 saturated carbocycles. The van der Waals surface area contributed by atoms with E-state index in [1.165, 1.54) is 24.1 Å². The lowest BCUT2D eigenvalue weighted by Gasteiger charge is -2.23. The number of benzene rings is 1. The van der Waals surface area contributed by atoms with Crippen LogP contribution in [-0.2, 0) is 6.42 Å². The Balaban J connectivity index is 2.31. The summed E-state index contributed by atoms with van der Waals surface area (Å²) in [7, 11) is 4.27. The van der Waals surface area contributed by atoms with Gasteiger partial charge in [-0.2, -0.15) is 0 Å². The van der Waals surface area contributed by atoms with E-state index >= 15 is 0 Å². The summed E-state index contributed by atoms with van der Waals surface area (Å²) in [5.41, 5.74) is 2.78. The molecule has 0 aliphatic heterocycles. The Hall–Kier alpha value is -0.860. The molecule has 1 rings (SSSR count). The number of likely N-dealkylation sites (N-methyl/N-ethyl adjacent to an activating group) is 1. The zero-order valence-corrected chi connectivity index (χ0v) is 12.4. The van der Waals surface area contributed by atoms with Gasteiger partial charge in [-0.3, -0.25) is 0 Å². The fourth-order valence-electron chi connectivity index (χ4n) is 2.23. The average molecular weight is 248 g/mol. The van der Waals surface area contributed by atoms with Crippen molar-refractivity contribution in [2.75, 3.05) is 33.7 Å². The lowest BCUT2D eigenvalue weighted by atomic mass is 10.1. The van der Waals surface area contributed by atoms with Crippen LogP contribution in [0.15, 0.2) is 24.3 Å². The highest BCUT2D eigenvalue weighted by atomic mass is 15.1. The molecular weight excluding hydrogens is 220 g/mol. The van der Waals surface area contributed by atoms with Gasteiger partial charge in [-0.05, 0) is 45.5 Å². The Morgan fingerprint density at radius 3 is 2.44 bits per heavy atom. The van der Waals surface area contributed by atoms with Crippen LogP contribution < -0.4 is 5.32 Å². The molecule has 0 aliphatic carbocycles. The summed E-state index contributed by atoms with van der Waals surface area (Å²) in [5, 5.41) is 3.28. The highest BCUT2D eigenvalue weighted by Crippen LogP contribution is 2.07. The van der Waals surface area contributed by atoms with Crippen molar-refractivity contribution in [3.8, 4) is 0 Å². The van der Waals surface area contributed by atoms with E-state index in [1.807, 2.05) is 7.05 Å². The van der Waals surface area contributed by atoms with Gasteiger partial charge < -0.3 is 10.2 Å². The third kappa shape index (κ3) is 5.65. The summed E-state index contributed by atoms with van der Waals surface area (Å²) >= 11 is 0. The summed E-state index contributed by atoms with van der Waals surface area (Å²) in [4.78, 5) is 2.45. The van der Waals surface area contributed by atoms with Gasteiger partial charge in [0.1, 0.15) is 0 Å². The Bertz CT molecular complexity index is 318. The topological polar surface area (TPSA) is 15.3 Å². The molecule has 0 saturated heterocycles. The van der Waals surface area contributed by atoms with E-state index in [1.54, 1.807) is 0 Å². The van der Waals surface area contributed by atoms with E-state index < -0.39 is 0 Å². The molecule has 2 nitrogen and oxygen atoms in total. The van der Waals surface area contributed by atoms with E-state index in [0.29, 0.717) is 0 Å². The first-order valence-corrected chi connectivity index (χ1v) is 7.04. The number of hydrogen-bond acceptors (Lipinski definition) is 2. The van der Waals surface area contributed by atoms with Gasteiger partial charge >= 0.3 is 0 Å². The fraction of sp³-hybridized carbons (Fsp3) is 0.625. The predicted molar refractivity (Wildman–Crippen MR) is 80.1 cm³/mol. The number of aryl methyl sites for hydroxylation is 1. The first kappa shape index (κ1) is 15.2. The van der Waals surface area contributed by atoms with Gasteiger partial charge in [-0.1, -0.05) is 43.2 Å². The maximum atomic E-state index is 3.28. The predicted octanol–water partition coefficient (Wildman–Crippen LogP) is 2.71. The molecule has 1 atom stereocenters.